The number of hydrogen-bond acceptors (Lipinski definition) is 4. The number of ether oxygens (including phenoxy) is 2. The number of methoxy groups -OCH3 is 1. The van der Waals surface area contributed by atoms with Crippen LogP contribution in [0.5, 0.6) is 0 Å². The summed E-state index contributed by atoms with van der Waals surface area (Å²) in [5.74, 6) is -6.43. The fraction of sp³-hybridized carbons (Fsp3) is 0.409. The molecule has 2 aromatic rings. The van der Waals surface area contributed by atoms with E-state index in [9.17, 15) is 32.3 Å². The van der Waals surface area contributed by atoms with Gasteiger partial charge in [0.15, 0.2) is 6.10 Å². The Balaban J connectivity index is 1.96. The van der Waals surface area contributed by atoms with Crippen LogP contribution in [-0.4, -0.2) is 31.1 Å². The van der Waals surface area contributed by atoms with Gasteiger partial charge in [-0.1, -0.05) is 11.6 Å². The van der Waals surface area contributed by atoms with Crippen LogP contribution in [0.3, 0.4) is 0 Å². The average Bonchev–Trinajstić information content (AvgIpc) is 3.01. The highest BCUT2D eigenvalue weighted by Gasteiger charge is 2.52. The van der Waals surface area contributed by atoms with Crippen molar-refractivity contribution < 1.29 is 36.5 Å². The van der Waals surface area contributed by atoms with Crippen molar-refractivity contribution in [3.8, 4) is 6.07 Å². The number of fused-ring (bicyclic) bond motifs is 2. The molecule has 10 heteroatoms. The molecule has 4 atom stereocenters. The molecule has 0 saturated carbocycles. The SMILES string of the molecule is COCO[C@H]1c2c(Cl)c(F)cc([C@H]3C[C@H](F)[C@@H](O)c4cc(F)cc(C#N)c43)c2CC1(F)F. The summed E-state index contributed by atoms with van der Waals surface area (Å²) in [7, 11) is 1.24. The highest BCUT2D eigenvalue weighted by molar-refractivity contribution is 6.31. The first-order valence-corrected chi connectivity index (χ1v) is 10.0. The van der Waals surface area contributed by atoms with E-state index in [1.807, 2.05) is 0 Å². The van der Waals surface area contributed by atoms with Gasteiger partial charge in [0, 0.05) is 25.0 Å². The first-order chi connectivity index (χ1) is 15.1. The van der Waals surface area contributed by atoms with E-state index in [2.05, 4.69) is 0 Å². The summed E-state index contributed by atoms with van der Waals surface area (Å²) in [6.45, 7) is -0.495. The number of benzene rings is 2. The van der Waals surface area contributed by atoms with Crippen LogP contribution in [0, 0.1) is 23.0 Å². The summed E-state index contributed by atoms with van der Waals surface area (Å²) < 4.78 is 83.0. The van der Waals surface area contributed by atoms with Crippen LogP contribution >= 0.6 is 11.6 Å². The molecule has 0 radical (unpaired) electrons. The summed E-state index contributed by atoms with van der Waals surface area (Å²) in [6.07, 6.45) is -6.78. The third-order valence-corrected chi connectivity index (χ3v) is 6.34. The average molecular weight is 474 g/mol. The Morgan fingerprint density at radius 1 is 1.22 bits per heavy atom. The van der Waals surface area contributed by atoms with E-state index < -0.39 is 66.5 Å². The molecule has 0 bridgehead atoms. The largest absolute Gasteiger partial charge is 0.385 e. The Bertz CT molecular complexity index is 1120. The van der Waals surface area contributed by atoms with Crippen LogP contribution in [0.25, 0.3) is 0 Å². The molecule has 4 nitrogen and oxygen atoms in total. The smallest absolute Gasteiger partial charge is 0.282 e. The Kier molecular flexibility index (Phi) is 5.92. The van der Waals surface area contributed by atoms with Gasteiger partial charge in [0.25, 0.3) is 5.92 Å². The maximum absolute atomic E-state index is 14.8. The summed E-state index contributed by atoms with van der Waals surface area (Å²) in [6, 6.07) is 4.52. The second-order valence-electron chi connectivity index (χ2n) is 7.86. The van der Waals surface area contributed by atoms with Crippen molar-refractivity contribution in [2.45, 2.75) is 43.1 Å². The van der Waals surface area contributed by atoms with Crippen LogP contribution in [0.4, 0.5) is 22.0 Å². The first kappa shape index (κ1) is 22.9. The van der Waals surface area contributed by atoms with Gasteiger partial charge in [-0.3, -0.25) is 0 Å². The molecule has 32 heavy (non-hydrogen) atoms. The first-order valence-electron chi connectivity index (χ1n) is 9.65. The number of halogens is 6. The third kappa shape index (κ3) is 3.55. The molecule has 0 aliphatic heterocycles. The minimum Gasteiger partial charge on any atom is -0.385 e. The standard InChI is InChI=1S/C22H17ClF5NO3/c1-31-8-32-21-18-14(6-22(21,27)28)11(4-15(25)19(18)23)12-5-16(26)20(30)13-3-10(24)2-9(7-29)17(12)13/h2-4,12,16,20-21,30H,5-6,8H2,1H3/t12-,16+,20+,21+/m1/s1. The van der Waals surface area contributed by atoms with E-state index in [1.54, 1.807) is 6.07 Å². The Morgan fingerprint density at radius 2 is 1.94 bits per heavy atom. The molecule has 0 saturated heterocycles. The zero-order chi connectivity index (χ0) is 23.4. The number of hydrogen-bond donors (Lipinski definition) is 1. The number of nitriles is 1. The second-order valence-corrected chi connectivity index (χ2v) is 8.24. The third-order valence-electron chi connectivity index (χ3n) is 5.96. The molecule has 0 amide bonds. The van der Waals surface area contributed by atoms with E-state index >= 15 is 0 Å². The van der Waals surface area contributed by atoms with Gasteiger partial charge in [-0.25, -0.2) is 22.0 Å². The lowest BCUT2D eigenvalue weighted by Gasteiger charge is -2.34. The van der Waals surface area contributed by atoms with Gasteiger partial charge in [0.2, 0.25) is 0 Å². The van der Waals surface area contributed by atoms with Crippen LogP contribution in [0.1, 0.15) is 57.9 Å². The van der Waals surface area contributed by atoms with Crippen LogP contribution in [0.15, 0.2) is 18.2 Å². The molecule has 2 aliphatic carbocycles. The van der Waals surface area contributed by atoms with Crippen LogP contribution in [-0.2, 0) is 15.9 Å². The molecule has 0 aromatic heterocycles. The zero-order valence-corrected chi connectivity index (χ0v) is 17.4. The summed E-state index contributed by atoms with van der Waals surface area (Å²) >= 11 is 6.04. The van der Waals surface area contributed by atoms with Crippen molar-refractivity contribution in [3.63, 3.8) is 0 Å². The number of rotatable bonds is 4. The Morgan fingerprint density at radius 3 is 2.59 bits per heavy atom. The molecule has 0 heterocycles. The van der Waals surface area contributed by atoms with Crippen molar-refractivity contribution in [1.82, 2.24) is 0 Å². The molecular formula is C22H17ClF5NO3. The number of aliphatic hydroxyl groups is 1. The fourth-order valence-corrected chi connectivity index (χ4v) is 4.95. The molecule has 0 spiro atoms. The summed E-state index contributed by atoms with van der Waals surface area (Å²) in [4.78, 5) is 0. The van der Waals surface area contributed by atoms with E-state index in [0.29, 0.717) is 0 Å². The van der Waals surface area contributed by atoms with Gasteiger partial charge in [0.1, 0.15) is 30.7 Å². The second kappa shape index (κ2) is 8.27. The molecule has 2 aliphatic rings. The molecule has 170 valence electrons. The number of alkyl halides is 3. The maximum atomic E-state index is 14.8. The van der Waals surface area contributed by atoms with Gasteiger partial charge in [-0.05, 0) is 46.9 Å². The lowest BCUT2D eigenvalue weighted by molar-refractivity contribution is -0.169. The Labute approximate surface area is 185 Å². The minimum atomic E-state index is -3.46. The molecule has 1 N–H and O–H groups in total. The van der Waals surface area contributed by atoms with Crippen molar-refractivity contribution in [2.24, 2.45) is 0 Å². The van der Waals surface area contributed by atoms with Crippen LogP contribution < -0.4 is 0 Å². The highest BCUT2D eigenvalue weighted by Crippen LogP contribution is 2.54. The monoisotopic (exact) mass is 473 g/mol. The van der Waals surface area contributed by atoms with Crippen LogP contribution in [0.2, 0.25) is 5.02 Å². The topological polar surface area (TPSA) is 62.5 Å². The number of aliphatic hydroxyl groups excluding tert-OH is 1. The molecule has 4 rings (SSSR count). The van der Waals surface area contributed by atoms with Crippen molar-refractivity contribution in [2.75, 3.05) is 13.9 Å². The van der Waals surface area contributed by atoms with Gasteiger partial charge < -0.3 is 14.6 Å². The van der Waals surface area contributed by atoms with Gasteiger partial charge in [-0.2, -0.15) is 5.26 Å². The highest BCUT2D eigenvalue weighted by atomic mass is 35.5. The maximum Gasteiger partial charge on any atom is 0.282 e. The molecular weight excluding hydrogens is 457 g/mol. The molecule has 0 unspecified atom stereocenters. The van der Waals surface area contributed by atoms with E-state index in [-0.39, 0.29) is 33.4 Å². The van der Waals surface area contributed by atoms with E-state index in [1.165, 1.54) is 7.11 Å². The normalized spacial score (nSPS) is 25.8. The van der Waals surface area contributed by atoms with Gasteiger partial charge in [-0.15, -0.1) is 0 Å². The summed E-state index contributed by atoms with van der Waals surface area (Å²) in [5.41, 5.74) is -0.612. The molecule has 0 fully saturated rings. The van der Waals surface area contributed by atoms with E-state index in [0.717, 1.165) is 18.2 Å². The quantitative estimate of drug-likeness (QED) is 0.486. The lowest BCUT2D eigenvalue weighted by atomic mass is 9.73. The minimum absolute atomic E-state index is 0.0102. The fourth-order valence-electron chi connectivity index (χ4n) is 4.68. The zero-order valence-electron chi connectivity index (χ0n) is 16.6. The predicted octanol–water partition coefficient (Wildman–Crippen LogP) is 5.25. The van der Waals surface area contributed by atoms with Crippen molar-refractivity contribution >= 4 is 11.6 Å². The molecule has 2 aromatic carbocycles. The van der Waals surface area contributed by atoms with E-state index in [4.69, 9.17) is 21.1 Å². The summed E-state index contributed by atoms with van der Waals surface area (Å²) in [5, 5.41) is 19.2. The van der Waals surface area contributed by atoms with Gasteiger partial charge >= 0.3 is 0 Å². The van der Waals surface area contributed by atoms with Gasteiger partial charge in [0.05, 0.1) is 16.7 Å². The van der Waals surface area contributed by atoms with Crippen molar-refractivity contribution in [3.05, 3.63) is 68.2 Å². The lowest BCUT2D eigenvalue weighted by Crippen LogP contribution is -2.27. The van der Waals surface area contributed by atoms with Crippen molar-refractivity contribution in [1.29, 1.82) is 5.26 Å². The Hall–Kier alpha value is -2.25. The number of nitrogens with zero attached hydrogens (tertiary/aromatic N) is 1. The predicted molar refractivity (Wildman–Crippen MR) is 103 cm³/mol.